The van der Waals surface area contributed by atoms with Crippen LogP contribution in [-0.2, 0) is 13.0 Å². The van der Waals surface area contributed by atoms with Crippen molar-refractivity contribution >= 4 is 12.4 Å². The van der Waals surface area contributed by atoms with E-state index in [9.17, 15) is 0 Å². The molecular formula is C8H12ClNO. The maximum absolute atomic E-state index is 8.82. The first-order valence-electron chi connectivity index (χ1n) is 3.41. The van der Waals surface area contributed by atoms with Gasteiger partial charge in [-0.15, -0.1) is 12.4 Å². The molecule has 0 saturated carbocycles. The minimum atomic E-state index is 0. The largest absolute Gasteiger partial charge is 0.392 e. The first-order chi connectivity index (χ1) is 4.88. The van der Waals surface area contributed by atoms with Gasteiger partial charge in [0, 0.05) is 12.4 Å². The second-order valence-corrected chi connectivity index (χ2v) is 2.16. The van der Waals surface area contributed by atoms with Crippen molar-refractivity contribution in [1.82, 2.24) is 4.98 Å². The van der Waals surface area contributed by atoms with Crippen LogP contribution in [0.5, 0.6) is 0 Å². The molecule has 0 saturated heterocycles. The molecule has 0 amide bonds. The number of hydrogen-bond donors (Lipinski definition) is 1. The number of rotatable bonds is 2. The number of aromatic nitrogens is 1. The number of hydrogen-bond acceptors (Lipinski definition) is 2. The van der Waals surface area contributed by atoms with Crippen molar-refractivity contribution < 1.29 is 5.11 Å². The van der Waals surface area contributed by atoms with Crippen LogP contribution in [0.2, 0.25) is 0 Å². The summed E-state index contributed by atoms with van der Waals surface area (Å²) in [6, 6.07) is 1.85. The summed E-state index contributed by atoms with van der Waals surface area (Å²) >= 11 is 0. The van der Waals surface area contributed by atoms with Crippen LogP contribution >= 0.6 is 12.4 Å². The zero-order valence-electron chi connectivity index (χ0n) is 6.45. The molecule has 0 radical (unpaired) electrons. The van der Waals surface area contributed by atoms with Gasteiger partial charge in [-0.2, -0.15) is 0 Å². The van der Waals surface area contributed by atoms with Crippen molar-refractivity contribution in [2.45, 2.75) is 20.0 Å². The molecule has 0 spiro atoms. The molecule has 0 unspecified atom stereocenters. The average molecular weight is 174 g/mol. The number of pyridine rings is 1. The van der Waals surface area contributed by atoms with Gasteiger partial charge in [-0.3, -0.25) is 4.98 Å². The van der Waals surface area contributed by atoms with Gasteiger partial charge in [-0.1, -0.05) is 6.92 Å². The van der Waals surface area contributed by atoms with Gasteiger partial charge in [0.1, 0.15) is 0 Å². The second kappa shape index (κ2) is 5.10. The fraction of sp³-hybridized carbons (Fsp3) is 0.375. The van der Waals surface area contributed by atoms with Gasteiger partial charge in [0.2, 0.25) is 0 Å². The molecule has 0 fully saturated rings. The van der Waals surface area contributed by atoms with E-state index in [1.165, 1.54) is 0 Å². The SMILES string of the molecule is CCc1cnccc1CO.Cl. The first kappa shape index (κ1) is 10.4. The van der Waals surface area contributed by atoms with Crippen LogP contribution in [-0.4, -0.2) is 10.1 Å². The third-order valence-electron chi connectivity index (χ3n) is 1.56. The molecular weight excluding hydrogens is 162 g/mol. The minimum Gasteiger partial charge on any atom is -0.392 e. The molecule has 0 aliphatic carbocycles. The van der Waals surface area contributed by atoms with Gasteiger partial charge in [0.05, 0.1) is 6.61 Å². The molecule has 1 aromatic rings. The first-order valence-corrected chi connectivity index (χ1v) is 3.41. The van der Waals surface area contributed by atoms with Crippen molar-refractivity contribution in [2.75, 3.05) is 0 Å². The summed E-state index contributed by atoms with van der Waals surface area (Å²) in [7, 11) is 0. The van der Waals surface area contributed by atoms with E-state index in [4.69, 9.17) is 5.11 Å². The van der Waals surface area contributed by atoms with Gasteiger partial charge in [-0.05, 0) is 23.6 Å². The minimum absolute atomic E-state index is 0. The lowest BCUT2D eigenvalue weighted by molar-refractivity contribution is 0.280. The smallest absolute Gasteiger partial charge is 0.0685 e. The predicted octanol–water partition coefficient (Wildman–Crippen LogP) is 1.56. The lowest BCUT2D eigenvalue weighted by Crippen LogP contribution is -1.92. The van der Waals surface area contributed by atoms with E-state index < -0.39 is 0 Å². The highest BCUT2D eigenvalue weighted by Gasteiger charge is 1.95. The Morgan fingerprint density at radius 1 is 1.45 bits per heavy atom. The van der Waals surface area contributed by atoms with Gasteiger partial charge < -0.3 is 5.11 Å². The standard InChI is InChI=1S/C8H11NO.ClH/c1-2-7-5-9-4-3-8(7)6-10;/h3-5,10H,2,6H2,1H3;1H. The molecule has 11 heavy (non-hydrogen) atoms. The number of aliphatic hydroxyl groups excluding tert-OH is 1. The summed E-state index contributed by atoms with van der Waals surface area (Å²) in [5, 5.41) is 8.82. The molecule has 0 aliphatic rings. The van der Waals surface area contributed by atoms with Crippen LogP contribution in [0.3, 0.4) is 0 Å². The number of nitrogens with zero attached hydrogens (tertiary/aromatic N) is 1. The third-order valence-corrected chi connectivity index (χ3v) is 1.56. The number of aliphatic hydroxyl groups is 1. The monoisotopic (exact) mass is 173 g/mol. The normalized spacial score (nSPS) is 8.91. The molecule has 1 rings (SSSR count). The Morgan fingerprint density at radius 2 is 2.18 bits per heavy atom. The van der Waals surface area contributed by atoms with Gasteiger partial charge in [-0.25, -0.2) is 0 Å². The summed E-state index contributed by atoms with van der Waals surface area (Å²) < 4.78 is 0. The lowest BCUT2D eigenvalue weighted by Gasteiger charge is -2.01. The van der Waals surface area contributed by atoms with Gasteiger partial charge in [0.25, 0.3) is 0 Å². The maximum Gasteiger partial charge on any atom is 0.0685 e. The Labute approximate surface area is 72.7 Å². The Balaban J connectivity index is 0.000001000. The molecule has 0 aliphatic heterocycles. The Hall–Kier alpha value is -0.600. The van der Waals surface area contributed by atoms with Gasteiger partial charge in [0.15, 0.2) is 0 Å². The van der Waals surface area contributed by atoms with Crippen molar-refractivity contribution in [1.29, 1.82) is 0 Å². The fourth-order valence-corrected chi connectivity index (χ4v) is 0.929. The fourth-order valence-electron chi connectivity index (χ4n) is 0.929. The summed E-state index contributed by atoms with van der Waals surface area (Å²) in [5.41, 5.74) is 2.11. The Bertz CT molecular complexity index is 192. The molecule has 3 heteroatoms. The maximum atomic E-state index is 8.82. The van der Waals surface area contributed by atoms with E-state index >= 15 is 0 Å². The lowest BCUT2D eigenvalue weighted by atomic mass is 10.1. The van der Waals surface area contributed by atoms with Crippen LogP contribution in [0.1, 0.15) is 18.1 Å². The molecule has 2 nitrogen and oxygen atoms in total. The highest BCUT2D eigenvalue weighted by Crippen LogP contribution is 2.06. The van der Waals surface area contributed by atoms with E-state index in [0.717, 1.165) is 17.5 Å². The summed E-state index contributed by atoms with van der Waals surface area (Å²) in [6.45, 7) is 2.17. The van der Waals surface area contributed by atoms with E-state index in [1.807, 2.05) is 6.07 Å². The van der Waals surface area contributed by atoms with Crippen LogP contribution < -0.4 is 0 Å². The second-order valence-electron chi connectivity index (χ2n) is 2.16. The summed E-state index contributed by atoms with van der Waals surface area (Å²) in [6.07, 6.45) is 4.43. The number of aryl methyl sites for hydroxylation is 1. The van der Waals surface area contributed by atoms with Crippen LogP contribution in [0.4, 0.5) is 0 Å². The zero-order valence-corrected chi connectivity index (χ0v) is 7.27. The van der Waals surface area contributed by atoms with Crippen LogP contribution in [0.25, 0.3) is 0 Å². The van der Waals surface area contributed by atoms with Gasteiger partial charge >= 0.3 is 0 Å². The van der Waals surface area contributed by atoms with Crippen molar-refractivity contribution in [3.05, 3.63) is 29.6 Å². The van der Waals surface area contributed by atoms with E-state index in [2.05, 4.69) is 11.9 Å². The molecule has 1 aromatic heterocycles. The summed E-state index contributed by atoms with van der Waals surface area (Å²) in [5.74, 6) is 0. The highest BCUT2D eigenvalue weighted by molar-refractivity contribution is 5.85. The van der Waals surface area contributed by atoms with E-state index in [1.54, 1.807) is 12.4 Å². The molecule has 0 aromatic carbocycles. The molecule has 1 heterocycles. The highest BCUT2D eigenvalue weighted by atomic mass is 35.5. The van der Waals surface area contributed by atoms with Crippen LogP contribution in [0.15, 0.2) is 18.5 Å². The zero-order chi connectivity index (χ0) is 7.40. The molecule has 62 valence electrons. The van der Waals surface area contributed by atoms with Crippen molar-refractivity contribution in [3.8, 4) is 0 Å². The molecule has 1 N–H and O–H groups in total. The molecule has 0 bridgehead atoms. The summed E-state index contributed by atoms with van der Waals surface area (Å²) in [4.78, 5) is 3.95. The predicted molar refractivity (Wildman–Crippen MR) is 46.8 cm³/mol. The van der Waals surface area contributed by atoms with Crippen LogP contribution in [0, 0.1) is 0 Å². The third kappa shape index (κ3) is 2.48. The average Bonchev–Trinajstić information content (AvgIpc) is 2.04. The van der Waals surface area contributed by atoms with Crippen molar-refractivity contribution in [2.24, 2.45) is 0 Å². The molecule has 0 atom stereocenters. The Morgan fingerprint density at radius 3 is 2.64 bits per heavy atom. The number of halogens is 1. The van der Waals surface area contributed by atoms with E-state index in [0.29, 0.717) is 0 Å². The van der Waals surface area contributed by atoms with Crippen molar-refractivity contribution in [3.63, 3.8) is 0 Å². The quantitative estimate of drug-likeness (QED) is 0.737. The van der Waals surface area contributed by atoms with E-state index in [-0.39, 0.29) is 19.0 Å². The topological polar surface area (TPSA) is 33.1 Å². The Kier molecular flexibility index (Phi) is 4.83.